The fourth-order valence-electron chi connectivity index (χ4n) is 4.16. The molecule has 1 saturated heterocycles. The Bertz CT molecular complexity index is 1280. The Morgan fingerprint density at radius 1 is 1.03 bits per heavy atom. The number of rotatable bonds is 4. The summed E-state index contributed by atoms with van der Waals surface area (Å²) in [5.41, 5.74) is 3.24. The fourth-order valence-corrected chi connectivity index (χ4v) is 4.79. The number of nitrogens with zero attached hydrogens (tertiary/aromatic N) is 4. The molecule has 5 rings (SSSR count). The maximum absolute atomic E-state index is 13.1. The van der Waals surface area contributed by atoms with Crippen LogP contribution in [0.3, 0.4) is 0 Å². The molecule has 3 aromatic rings. The Kier molecular flexibility index (Phi) is 4.44. The van der Waals surface area contributed by atoms with Gasteiger partial charge in [0.1, 0.15) is 6.04 Å². The average Bonchev–Trinajstić information content (AvgIpc) is 3.25. The van der Waals surface area contributed by atoms with Crippen molar-refractivity contribution in [2.75, 3.05) is 11.2 Å². The lowest BCUT2D eigenvalue weighted by Gasteiger charge is -2.27. The van der Waals surface area contributed by atoms with E-state index in [4.69, 9.17) is 0 Å². The Balaban J connectivity index is 1.42. The number of imide groups is 1. The van der Waals surface area contributed by atoms with Gasteiger partial charge in [-0.15, -0.1) is 0 Å². The van der Waals surface area contributed by atoms with Crippen LogP contribution in [0.4, 0.5) is 10.5 Å². The van der Waals surface area contributed by atoms with E-state index in [2.05, 4.69) is 4.98 Å². The molecule has 0 spiro atoms. The van der Waals surface area contributed by atoms with E-state index in [0.717, 1.165) is 28.1 Å². The topological polar surface area (TPSA) is 92.6 Å². The first-order valence-corrected chi connectivity index (χ1v) is 11.7. The maximum Gasteiger partial charge on any atom is 0.332 e. The van der Waals surface area contributed by atoms with E-state index in [1.54, 1.807) is 11.2 Å². The zero-order valence-electron chi connectivity index (χ0n) is 16.8. The predicted molar refractivity (Wildman–Crippen MR) is 113 cm³/mol. The lowest BCUT2D eigenvalue weighted by Crippen LogP contribution is -2.40. The van der Waals surface area contributed by atoms with Crippen molar-refractivity contribution in [2.45, 2.75) is 30.4 Å². The average molecular weight is 436 g/mol. The Hall–Kier alpha value is -3.46. The minimum Gasteiger partial charge on any atom is -0.328 e. The highest BCUT2D eigenvalue weighted by Crippen LogP contribution is 2.33. The number of urea groups is 1. The van der Waals surface area contributed by atoms with Gasteiger partial charge in [-0.25, -0.2) is 23.1 Å². The molecule has 1 aromatic heterocycles. The Morgan fingerprint density at radius 2 is 1.74 bits per heavy atom. The lowest BCUT2D eigenvalue weighted by atomic mass is 10.0. The number of hydrogen-bond donors (Lipinski definition) is 0. The Morgan fingerprint density at radius 3 is 2.42 bits per heavy atom. The lowest BCUT2D eigenvalue weighted by molar-refractivity contribution is -0.120. The van der Waals surface area contributed by atoms with Gasteiger partial charge < -0.3 is 9.47 Å². The number of carbonyl (C=O) groups is 2. The monoisotopic (exact) mass is 436 g/mol. The van der Waals surface area contributed by atoms with E-state index in [9.17, 15) is 18.0 Å². The summed E-state index contributed by atoms with van der Waals surface area (Å²) in [7, 11) is -3.36. The molecular weight excluding hydrogens is 416 g/mol. The molecule has 1 fully saturated rings. The number of carbonyl (C=O) groups excluding carboxylic acids is 2. The van der Waals surface area contributed by atoms with Crippen LogP contribution in [0.5, 0.6) is 0 Å². The summed E-state index contributed by atoms with van der Waals surface area (Å²) in [5, 5.41) is 0. The molecule has 1 unspecified atom stereocenters. The minimum absolute atomic E-state index is 0.139. The number of sulfone groups is 1. The molecule has 3 amide bonds. The second-order valence-electron chi connectivity index (χ2n) is 7.82. The van der Waals surface area contributed by atoms with Gasteiger partial charge in [-0.2, -0.15) is 0 Å². The summed E-state index contributed by atoms with van der Waals surface area (Å²) in [6.07, 6.45) is 3.24. The number of amides is 3. The molecule has 0 N–H and O–H groups in total. The van der Waals surface area contributed by atoms with Gasteiger partial charge >= 0.3 is 6.03 Å². The van der Waals surface area contributed by atoms with Crippen molar-refractivity contribution >= 4 is 27.5 Å². The number of imidazole rings is 1. The van der Waals surface area contributed by atoms with Crippen molar-refractivity contribution in [2.24, 2.45) is 0 Å². The highest BCUT2D eigenvalue weighted by atomic mass is 32.2. The van der Waals surface area contributed by atoms with Crippen LogP contribution in [0.1, 0.15) is 17.0 Å². The van der Waals surface area contributed by atoms with Gasteiger partial charge in [-0.05, 0) is 29.8 Å². The zero-order valence-corrected chi connectivity index (χ0v) is 17.6. The van der Waals surface area contributed by atoms with Gasteiger partial charge in [0, 0.05) is 19.2 Å². The summed E-state index contributed by atoms with van der Waals surface area (Å²) in [6.45, 7) is 0.940. The SMILES string of the molecule is CS(=O)(=O)c1ccc(N2C(=O)C3Cc4ncn(Cc5ccccc5)c4CN3C2=O)cc1. The van der Waals surface area contributed by atoms with E-state index < -0.39 is 21.9 Å². The fraction of sp³-hybridized carbons (Fsp3) is 0.227. The summed E-state index contributed by atoms with van der Waals surface area (Å²) in [4.78, 5) is 33.5. The number of fused-ring (bicyclic) bond motifs is 2. The zero-order chi connectivity index (χ0) is 21.8. The van der Waals surface area contributed by atoms with Gasteiger partial charge in [0.2, 0.25) is 0 Å². The van der Waals surface area contributed by atoms with E-state index in [0.29, 0.717) is 25.2 Å². The molecule has 2 aromatic carbocycles. The molecule has 9 heteroatoms. The van der Waals surface area contributed by atoms with E-state index in [1.165, 1.54) is 24.3 Å². The number of hydrogen-bond acceptors (Lipinski definition) is 5. The van der Waals surface area contributed by atoms with Gasteiger partial charge in [0.25, 0.3) is 5.91 Å². The first-order chi connectivity index (χ1) is 14.8. The number of benzene rings is 2. The molecular formula is C22H20N4O4S. The quantitative estimate of drug-likeness (QED) is 0.585. The third-order valence-corrected chi connectivity index (χ3v) is 6.91. The number of aromatic nitrogens is 2. The summed E-state index contributed by atoms with van der Waals surface area (Å²) in [5.74, 6) is -0.319. The largest absolute Gasteiger partial charge is 0.332 e. The van der Waals surface area contributed by atoms with Gasteiger partial charge in [0.15, 0.2) is 9.84 Å². The van der Waals surface area contributed by atoms with Gasteiger partial charge in [-0.3, -0.25) is 4.79 Å². The Labute approximate surface area is 179 Å². The predicted octanol–water partition coefficient (Wildman–Crippen LogP) is 2.23. The van der Waals surface area contributed by atoms with Crippen LogP contribution >= 0.6 is 0 Å². The molecule has 1 atom stereocenters. The molecule has 158 valence electrons. The molecule has 0 aliphatic carbocycles. The molecule has 0 radical (unpaired) electrons. The molecule has 8 nitrogen and oxygen atoms in total. The minimum atomic E-state index is -3.36. The normalized spacial score (nSPS) is 18.3. The molecule has 2 aliphatic heterocycles. The van der Waals surface area contributed by atoms with Crippen molar-refractivity contribution in [1.29, 1.82) is 0 Å². The van der Waals surface area contributed by atoms with Crippen molar-refractivity contribution in [3.8, 4) is 0 Å². The van der Waals surface area contributed by atoms with Crippen molar-refractivity contribution in [3.05, 3.63) is 77.9 Å². The summed E-state index contributed by atoms with van der Waals surface area (Å²) < 4.78 is 25.4. The standard InChI is InChI=1S/C22H20N4O4S/c1-31(29,30)17-9-7-16(8-10-17)26-21(27)19-11-18-20(13-25(19)22(26)28)24(14-23-18)12-15-5-3-2-4-6-15/h2-10,14,19H,11-13H2,1H3. The van der Waals surface area contributed by atoms with Crippen LogP contribution in [0.25, 0.3) is 0 Å². The molecule has 2 aliphatic rings. The third-order valence-electron chi connectivity index (χ3n) is 5.78. The second kappa shape index (κ2) is 7.05. The highest BCUT2D eigenvalue weighted by Gasteiger charge is 2.49. The van der Waals surface area contributed by atoms with Crippen LogP contribution in [0.2, 0.25) is 0 Å². The molecule has 31 heavy (non-hydrogen) atoms. The first-order valence-electron chi connectivity index (χ1n) is 9.84. The van der Waals surface area contributed by atoms with E-state index >= 15 is 0 Å². The first kappa shape index (κ1) is 19.5. The number of anilines is 1. The van der Waals surface area contributed by atoms with E-state index in [-0.39, 0.29) is 10.8 Å². The van der Waals surface area contributed by atoms with Crippen molar-refractivity contribution in [3.63, 3.8) is 0 Å². The molecule has 0 saturated carbocycles. The second-order valence-corrected chi connectivity index (χ2v) is 9.84. The third kappa shape index (κ3) is 3.31. The van der Waals surface area contributed by atoms with Gasteiger partial charge in [0.05, 0.1) is 34.8 Å². The smallest absolute Gasteiger partial charge is 0.328 e. The molecule has 3 heterocycles. The van der Waals surface area contributed by atoms with Crippen LogP contribution in [0, 0.1) is 0 Å². The van der Waals surface area contributed by atoms with Gasteiger partial charge in [-0.1, -0.05) is 30.3 Å². The molecule has 0 bridgehead atoms. The van der Waals surface area contributed by atoms with Crippen LogP contribution in [0.15, 0.2) is 65.8 Å². The highest BCUT2D eigenvalue weighted by molar-refractivity contribution is 7.90. The van der Waals surface area contributed by atoms with Crippen molar-refractivity contribution < 1.29 is 18.0 Å². The van der Waals surface area contributed by atoms with Crippen LogP contribution < -0.4 is 4.90 Å². The van der Waals surface area contributed by atoms with E-state index in [1.807, 2.05) is 34.9 Å². The summed E-state index contributed by atoms with van der Waals surface area (Å²) >= 11 is 0. The van der Waals surface area contributed by atoms with Crippen LogP contribution in [-0.2, 0) is 34.1 Å². The van der Waals surface area contributed by atoms with Crippen LogP contribution in [-0.4, -0.2) is 47.1 Å². The summed E-state index contributed by atoms with van der Waals surface area (Å²) in [6, 6.07) is 14.8. The van der Waals surface area contributed by atoms with Crippen molar-refractivity contribution in [1.82, 2.24) is 14.5 Å². The maximum atomic E-state index is 13.1.